The molecule has 0 saturated heterocycles. The molecule has 2 aromatic rings. The Hall–Kier alpha value is -1.16. The fraction of sp³-hybridized carbons (Fsp3) is 0.294. The maximum Gasteiger partial charge on any atom is 0.137 e. The Kier molecular flexibility index (Phi) is 6.43. The van der Waals surface area contributed by atoms with Crippen molar-refractivity contribution in [3.05, 3.63) is 59.1 Å². The zero-order valence-corrected chi connectivity index (χ0v) is 13.9. The van der Waals surface area contributed by atoms with Crippen LogP contribution in [-0.4, -0.2) is 19.4 Å². The van der Waals surface area contributed by atoms with Crippen molar-refractivity contribution in [1.82, 2.24) is 5.32 Å². The molecule has 0 aliphatic heterocycles. The topological polar surface area (TPSA) is 21.3 Å². The van der Waals surface area contributed by atoms with Gasteiger partial charge in [0.15, 0.2) is 0 Å². The summed E-state index contributed by atoms with van der Waals surface area (Å²) in [5.74, 6) is 1.65. The van der Waals surface area contributed by atoms with E-state index in [1.54, 1.807) is 11.8 Å². The van der Waals surface area contributed by atoms with E-state index in [0.717, 1.165) is 17.1 Å². The first-order chi connectivity index (χ1) is 10.2. The van der Waals surface area contributed by atoms with Gasteiger partial charge in [-0.3, -0.25) is 0 Å². The predicted octanol–water partition coefficient (Wildman–Crippen LogP) is 4.79. The molecule has 0 aromatic heterocycles. The van der Waals surface area contributed by atoms with E-state index in [-0.39, 0.29) is 6.04 Å². The lowest BCUT2D eigenvalue weighted by atomic mass is 10.1. The summed E-state index contributed by atoms with van der Waals surface area (Å²) < 4.78 is 5.75. The van der Waals surface area contributed by atoms with Gasteiger partial charge in [0.25, 0.3) is 0 Å². The Bertz CT molecular complexity index is 562. The Labute approximate surface area is 135 Å². The first-order valence-corrected chi connectivity index (χ1v) is 8.34. The minimum absolute atomic E-state index is 0.283. The highest BCUT2D eigenvalue weighted by Gasteiger charge is 2.07. The maximum absolute atomic E-state index is 6.27. The molecule has 0 aliphatic rings. The minimum Gasteiger partial charge on any atom is -0.491 e. The van der Waals surface area contributed by atoms with Crippen molar-refractivity contribution in [2.24, 2.45) is 0 Å². The molecule has 1 N–H and O–H groups in total. The van der Waals surface area contributed by atoms with E-state index in [4.69, 9.17) is 16.3 Å². The Morgan fingerprint density at radius 2 is 1.95 bits per heavy atom. The summed E-state index contributed by atoms with van der Waals surface area (Å²) in [6.07, 6.45) is 0. The van der Waals surface area contributed by atoms with Crippen LogP contribution in [0.1, 0.15) is 18.5 Å². The summed E-state index contributed by atoms with van der Waals surface area (Å²) in [4.78, 5) is 1.25. The van der Waals surface area contributed by atoms with Gasteiger partial charge >= 0.3 is 0 Å². The lowest BCUT2D eigenvalue weighted by Crippen LogP contribution is -2.12. The summed E-state index contributed by atoms with van der Waals surface area (Å²) in [5, 5.41) is 3.86. The van der Waals surface area contributed by atoms with Gasteiger partial charge in [0.05, 0.1) is 11.6 Å². The molecule has 0 fully saturated rings. The monoisotopic (exact) mass is 321 g/mol. The minimum atomic E-state index is 0.283. The molecular weight excluding hydrogens is 302 g/mol. The molecule has 2 nitrogen and oxygen atoms in total. The molecule has 0 radical (unpaired) electrons. The van der Waals surface area contributed by atoms with E-state index in [2.05, 4.69) is 24.4 Å². The molecular formula is C17H20ClNOS. The third-order valence-electron chi connectivity index (χ3n) is 3.24. The van der Waals surface area contributed by atoms with Crippen LogP contribution in [0, 0.1) is 0 Å². The standard InChI is InChI=1S/C17H20ClNOS/c1-13(19-2)14-8-9-17(16(18)12-14)20-10-11-21-15-6-4-3-5-7-15/h3-9,12-13,19H,10-11H2,1-2H3. The number of nitrogens with one attached hydrogen (secondary N) is 1. The Balaban J connectivity index is 1.83. The van der Waals surface area contributed by atoms with E-state index >= 15 is 0 Å². The van der Waals surface area contributed by atoms with Gasteiger partial charge < -0.3 is 10.1 Å². The van der Waals surface area contributed by atoms with E-state index in [1.807, 2.05) is 43.4 Å². The van der Waals surface area contributed by atoms with E-state index in [1.165, 1.54) is 4.90 Å². The molecule has 2 aromatic carbocycles. The zero-order chi connectivity index (χ0) is 15.1. The first kappa shape index (κ1) is 16.2. The van der Waals surface area contributed by atoms with Gasteiger partial charge in [0, 0.05) is 16.7 Å². The molecule has 4 heteroatoms. The van der Waals surface area contributed by atoms with Crippen molar-refractivity contribution < 1.29 is 4.74 Å². The van der Waals surface area contributed by atoms with Crippen LogP contribution in [0.2, 0.25) is 5.02 Å². The number of halogens is 1. The second-order valence-electron chi connectivity index (χ2n) is 4.71. The fourth-order valence-corrected chi connectivity index (χ4v) is 2.89. The highest BCUT2D eigenvalue weighted by Crippen LogP contribution is 2.28. The average Bonchev–Trinajstić information content (AvgIpc) is 2.53. The smallest absolute Gasteiger partial charge is 0.137 e. The van der Waals surface area contributed by atoms with Crippen LogP contribution in [0.4, 0.5) is 0 Å². The van der Waals surface area contributed by atoms with Gasteiger partial charge in [-0.1, -0.05) is 35.9 Å². The third kappa shape index (κ3) is 4.95. The van der Waals surface area contributed by atoms with E-state index < -0.39 is 0 Å². The highest BCUT2D eigenvalue weighted by molar-refractivity contribution is 7.99. The van der Waals surface area contributed by atoms with Crippen LogP contribution in [0.5, 0.6) is 5.75 Å². The van der Waals surface area contributed by atoms with E-state index in [9.17, 15) is 0 Å². The van der Waals surface area contributed by atoms with Gasteiger partial charge in [-0.15, -0.1) is 11.8 Å². The van der Waals surface area contributed by atoms with Gasteiger partial charge in [-0.2, -0.15) is 0 Å². The largest absolute Gasteiger partial charge is 0.491 e. The SMILES string of the molecule is CNC(C)c1ccc(OCCSc2ccccc2)c(Cl)c1. The van der Waals surface area contributed by atoms with Crippen molar-refractivity contribution in [3.63, 3.8) is 0 Å². The lowest BCUT2D eigenvalue weighted by Gasteiger charge is -2.13. The second kappa shape index (κ2) is 8.32. The molecule has 112 valence electrons. The number of thioether (sulfide) groups is 1. The van der Waals surface area contributed by atoms with Crippen LogP contribution in [0.3, 0.4) is 0 Å². The van der Waals surface area contributed by atoms with Gasteiger partial charge in [0.2, 0.25) is 0 Å². The van der Waals surface area contributed by atoms with Gasteiger partial charge in [0.1, 0.15) is 5.75 Å². The van der Waals surface area contributed by atoms with Crippen molar-refractivity contribution in [2.75, 3.05) is 19.4 Å². The van der Waals surface area contributed by atoms with Crippen molar-refractivity contribution >= 4 is 23.4 Å². The summed E-state index contributed by atoms with van der Waals surface area (Å²) in [7, 11) is 1.93. The lowest BCUT2D eigenvalue weighted by molar-refractivity contribution is 0.344. The number of rotatable bonds is 7. The van der Waals surface area contributed by atoms with Crippen LogP contribution in [-0.2, 0) is 0 Å². The van der Waals surface area contributed by atoms with Crippen LogP contribution in [0.25, 0.3) is 0 Å². The normalized spacial score (nSPS) is 12.1. The highest BCUT2D eigenvalue weighted by atomic mass is 35.5. The fourth-order valence-electron chi connectivity index (χ4n) is 1.90. The molecule has 0 heterocycles. The van der Waals surface area contributed by atoms with Crippen molar-refractivity contribution in [1.29, 1.82) is 0 Å². The quantitative estimate of drug-likeness (QED) is 0.585. The Morgan fingerprint density at radius 1 is 1.19 bits per heavy atom. The molecule has 2 rings (SSSR count). The number of ether oxygens (including phenoxy) is 1. The predicted molar refractivity (Wildman–Crippen MR) is 91.6 cm³/mol. The van der Waals surface area contributed by atoms with Gasteiger partial charge in [-0.25, -0.2) is 0 Å². The second-order valence-corrected chi connectivity index (χ2v) is 6.29. The zero-order valence-electron chi connectivity index (χ0n) is 12.3. The third-order valence-corrected chi connectivity index (χ3v) is 4.51. The number of hydrogen-bond donors (Lipinski definition) is 1. The molecule has 0 spiro atoms. The summed E-state index contributed by atoms with van der Waals surface area (Å²) in [5.41, 5.74) is 1.16. The Morgan fingerprint density at radius 3 is 2.62 bits per heavy atom. The van der Waals surface area contributed by atoms with Gasteiger partial charge in [-0.05, 0) is 43.8 Å². The van der Waals surface area contributed by atoms with Crippen LogP contribution >= 0.6 is 23.4 Å². The summed E-state index contributed by atoms with van der Waals surface area (Å²) >= 11 is 8.05. The molecule has 0 saturated carbocycles. The van der Waals surface area contributed by atoms with Crippen molar-refractivity contribution in [3.8, 4) is 5.75 Å². The number of hydrogen-bond acceptors (Lipinski definition) is 3. The first-order valence-electron chi connectivity index (χ1n) is 6.98. The van der Waals surface area contributed by atoms with Crippen molar-refractivity contribution in [2.45, 2.75) is 17.9 Å². The molecule has 0 amide bonds. The summed E-state index contributed by atoms with van der Waals surface area (Å²) in [6.45, 7) is 2.74. The molecule has 1 unspecified atom stereocenters. The number of benzene rings is 2. The van der Waals surface area contributed by atoms with Crippen LogP contribution < -0.4 is 10.1 Å². The molecule has 21 heavy (non-hydrogen) atoms. The average molecular weight is 322 g/mol. The molecule has 0 bridgehead atoms. The molecule has 1 atom stereocenters. The van der Waals surface area contributed by atoms with E-state index in [0.29, 0.717) is 11.6 Å². The molecule has 0 aliphatic carbocycles. The summed E-state index contributed by atoms with van der Waals surface area (Å²) in [6, 6.07) is 16.5. The maximum atomic E-state index is 6.27. The van der Waals surface area contributed by atoms with Crippen LogP contribution in [0.15, 0.2) is 53.4 Å².